The van der Waals surface area contributed by atoms with Crippen molar-refractivity contribution in [2.75, 3.05) is 11.4 Å². The zero-order chi connectivity index (χ0) is 13.4. The van der Waals surface area contributed by atoms with Gasteiger partial charge in [0, 0.05) is 16.2 Å². The number of carbonyl (C=O) groups excluding carboxylic acids is 1. The highest BCUT2D eigenvalue weighted by molar-refractivity contribution is 14.1. The van der Waals surface area contributed by atoms with Crippen molar-refractivity contribution < 1.29 is 9.18 Å². The van der Waals surface area contributed by atoms with Gasteiger partial charge in [-0.2, -0.15) is 0 Å². The number of carbonyl (C=O) groups is 1. The standard InChI is InChI=1S/C14H16FIN2O/c15-9-3-6-13(11(16)8-9)18-7-1-2-12(14(18)19)17-10-4-5-10/h3,6,8,10,12,17H,1-2,4-5,7H2. The van der Waals surface area contributed by atoms with Crippen LogP contribution in [0, 0.1) is 9.39 Å². The molecule has 1 amide bonds. The molecule has 1 atom stereocenters. The summed E-state index contributed by atoms with van der Waals surface area (Å²) in [6, 6.07) is 5.06. The lowest BCUT2D eigenvalue weighted by Crippen LogP contribution is -2.51. The molecule has 5 heteroatoms. The fourth-order valence-electron chi connectivity index (χ4n) is 2.50. The van der Waals surface area contributed by atoms with Gasteiger partial charge < -0.3 is 10.2 Å². The van der Waals surface area contributed by atoms with E-state index in [4.69, 9.17) is 0 Å². The average molecular weight is 374 g/mol. The summed E-state index contributed by atoms with van der Waals surface area (Å²) in [6.07, 6.45) is 4.25. The van der Waals surface area contributed by atoms with Gasteiger partial charge in [0.1, 0.15) is 5.82 Å². The molecule has 2 aliphatic rings. The van der Waals surface area contributed by atoms with Gasteiger partial charge in [0.15, 0.2) is 0 Å². The maximum absolute atomic E-state index is 13.1. The van der Waals surface area contributed by atoms with Crippen molar-refractivity contribution in [3.63, 3.8) is 0 Å². The lowest BCUT2D eigenvalue weighted by molar-refractivity contribution is -0.121. The van der Waals surface area contributed by atoms with Gasteiger partial charge in [-0.05, 0) is 66.5 Å². The molecule has 3 nitrogen and oxygen atoms in total. The van der Waals surface area contributed by atoms with Gasteiger partial charge in [0.05, 0.1) is 11.7 Å². The minimum absolute atomic E-state index is 0.0675. The topological polar surface area (TPSA) is 32.3 Å². The van der Waals surface area contributed by atoms with Crippen molar-refractivity contribution in [3.05, 3.63) is 27.6 Å². The predicted octanol–water partition coefficient (Wildman–Crippen LogP) is 2.68. The van der Waals surface area contributed by atoms with E-state index in [1.165, 1.54) is 25.0 Å². The van der Waals surface area contributed by atoms with Crippen molar-refractivity contribution in [2.24, 2.45) is 0 Å². The SMILES string of the molecule is O=C1C(NC2CC2)CCCN1c1ccc(F)cc1I. The van der Waals surface area contributed by atoms with E-state index in [-0.39, 0.29) is 17.8 Å². The van der Waals surface area contributed by atoms with Gasteiger partial charge in [-0.15, -0.1) is 0 Å². The van der Waals surface area contributed by atoms with Crippen LogP contribution in [-0.2, 0) is 4.79 Å². The van der Waals surface area contributed by atoms with E-state index in [0.717, 1.165) is 28.6 Å². The molecule has 19 heavy (non-hydrogen) atoms. The second kappa shape index (κ2) is 5.36. The molecule has 1 aromatic rings. The first-order valence-corrected chi connectivity index (χ1v) is 7.75. The van der Waals surface area contributed by atoms with Crippen LogP contribution in [0.15, 0.2) is 18.2 Å². The van der Waals surface area contributed by atoms with E-state index in [1.807, 2.05) is 0 Å². The third kappa shape index (κ3) is 2.91. The largest absolute Gasteiger partial charge is 0.310 e. The molecule has 1 aromatic carbocycles. The highest BCUT2D eigenvalue weighted by Crippen LogP contribution is 2.28. The van der Waals surface area contributed by atoms with Gasteiger partial charge in [-0.1, -0.05) is 0 Å². The number of hydrogen-bond donors (Lipinski definition) is 1. The van der Waals surface area contributed by atoms with Crippen LogP contribution in [0.3, 0.4) is 0 Å². The van der Waals surface area contributed by atoms with E-state index in [9.17, 15) is 9.18 Å². The van der Waals surface area contributed by atoms with Gasteiger partial charge >= 0.3 is 0 Å². The maximum atomic E-state index is 13.1. The first kappa shape index (κ1) is 13.3. The predicted molar refractivity (Wildman–Crippen MR) is 80.6 cm³/mol. The van der Waals surface area contributed by atoms with Crippen molar-refractivity contribution in [2.45, 2.75) is 37.8 Å². The summed E-state index contributed by atoms with van der Waals surface area (Å²) in [5.74, 6) is -0.132. The van der Waals surface area contributed by atoms with Crippen LogP contribution in [0.25, 0.3) is 0 Å². The van der Waals surface area contributed by atoms with Gasteiger partial charge in [0.25, 0.3) is 0 Å². The third-order valence-corrected chi connectivity index (χ3v) is 4.52. The molecule has 1 unspecified atom stereocenters. The second-order valence-electron chi connectivity index (χ2n) is 5.22. The Morgan fingerprint density at radius 1 is 1.32 bits per heavy atom. The van der Waals surface area contributed by atoms with E-state index in [0.29, 0.717) is 6.04 Å². The highest BCUT2D eigenvalue weighted by atomic mass is 127. The fraction of sp³-hybridized carbons (Fsp3) is 0.500. The molecule has 1 aliphatic heterocycles. The fourth-order valence-corrected chi connectivity index (χ4v) is 3.27. The Morgan fingerprint density at radius 2 is 2.11 bits per heavy atom. The lowest BCUT2D eigenvalue weighted by atomic mass is 10.0. The van der Waals surface area contributed by atoms with Crippen LogP contribution in [0.2, 0.25) is 0 Å². The zero-order valence-electron chi connectivity index (χ0n) is 10.5. The molecular weight excluding hydrogens is 358 g/mol. The molecule has 0 bridgehead atoms. The minimum atomic E-state index is -0.259. The van der Waals surface area contributed by atoms with Crippen LogP contribution in [-0.4, -0.2) is 24.5 Å². The number of benzene rings is 1. The van der Waals surface area contributed by atoms with Crippen LogP contribution < -0.4 is 10.2 Å². The monoisotopic (exact) mass is 374 g/mol. The maximum Gasteiger partial charge on any atom is 0.244 e. The Balaban J connectivity index is 1.80. The molecule has 2 fully saturated rings. The third-order valence-electron chi connectivity index (χ3n) is 3.65. The number of anilines is 1. The average Bonchev–Trinajstić information content (AvgIpc) is 3.17. The van der Waals surface area contributed by atoms with E-state index >= 15 is 0 Å². The normalized spacial score (nSPS) is 23.8. The molecule has 0 aromatic heterocycles. The summed E-state index contributed by atoms with van der Waals surface area (Å²) >= 11 is 2.09. The molecule has 1 aliphatic carbocycles. The first-order valence-electron chi connectivity index (χ1n) is 6.67. The molecule has 3 rings (SSSR count). The summed E-state index contributed by atoms with van der Waals surface area (Å²) in [6.45, 7) is 0.726. The Morgan fingerprint density at radius 3 is 2.79 bits per heavy atom. The van der Waals surface area contributed by atoms with Gasteiger partial charge in [0.2, 0.25) is 5.91 Å². The minimum Gasteiger partial charge on any atom is -0.310 e. The molecule has 1 N–H and O–H groups in total. The Hall–Kier alpha value is -0.690. The van der Waals surface area contributed by atoms with Crippen LogP contribution >= 0.6 is 22.6 Å². The molecule has 0 spiro atoms. The first-order chi connectivity index (χ1) is 9.15. The smallest absolute Gasteiger partial charge is 0.244 e. The zero-order valence-corrected chi connectivity index (χ0v) is 12.7. The van der Waals surface area contributed by atoms with E-state index in [1.54, 1.807) is 11.0 Å². The van der Waals surface area contributed by atoms with Crippen molar-refractivity contribution in [1.29, 1.82) is 0 Å². The number of amides is 1. The Labute approximate surface area is 125 Å². The molecule has 1 saturated carbocycles. The molecule has 102 valence electrons. The molecular formula is C14H16FIN2O. The summed E-state index contributed by atoms with van der Waals surface area (Å²) < 4.78 is 13.9. The van der Waals surface area contributed by atoms with Crippen molar-refractivity contribution >= 4 is 34.2 Å². The highest BCUT2D eigenvalue weighted by Gasteiger charge is 2.34. The van der Waals surface area contributed by atoms with E-state index < -0.39 is 0 Å². The number of nitrogens with zero attached hydrogens (tertiary/aromatic N) is 1. The number of piperidine rings is 1. The molecule has 1 saturated heterocycles. The number of hydrogen-bond acceptors (Lipinski definition) is 2. The van der Waals surface area contributed by atoms with Crippen LogP contribution in [0.1, 0.15) is 25.7 Å². The Kier molecular flexibility index (Phi) is 3.75. The van der Waals surface area contributed by atoms with Crippen LogP contribution in [0.4, 0.5) is 10.1 Å². The molecule has 1 heterocycles. The number of halogens is 2. The quantitative estimate of drug-likeness (QED) is 0.826. The van der Waals surface area contributed by atoms with E-state index in [2.05, 4.69) is 27.9 Å². The summed E-state index contributed by atoms with van der Waals surface area (Å²) in [5.41, 5.74) is 0.828. The number of rotatable bonds is 3. The lowest BCUT2D eigenvalue weighted by Gasteiger charge is -2.33. The van der Waals surface area contributed by atoms with Crippen molar-refractivity contribution in [1.82, 2.24) is 5.32 Å². The Bertz CT molecular complexity index is 504. The van der Waals surface area contributed by atoms with Crippen molar-refractivity contribution in [3.8, 4) is 0 Å². The van der Waals surface area contributed by atoms with Gasteiger partial charge in [-0.25, -0.2) is 4.39 Å². The van der Waals surface area contributed by atoms with Crippen LogP contribution in [0.5, 0.6) is 0 Å². The van der Waals surface area contributed by atoms with Gasteiger partial charge in [-0.3, -0.25) is 4.79 Å². The summed E-state index contributed by atoms with van der Waals surface area (Å²) in [5, 5.41) is 3.41. The number of nitrogens with one attached hydrogen (secondary N) is 1. The molecule has 0 radical (unpaired) electrons. The summed E-state index contributed by atoms with van der Waals surface area (Å²) in [4.78, 5) is 14.3. The second-order valence-corrected chi connectivity index (χ2v) is 6.38. The summed E-state index contributed by atoms with van der Waals surface area (Å²) in [7, 11) is 0.